The number of nitriles is 1. The number of para-hydroxylation sites is 1. The number of carbonyl (C=O) groups excluding carboxylic acids is 1. The lowest BCUT2D eigenvalue weighted by atomic mass is 10.0. The molecule has 0 bridgehead atoms. The Kier molecular flexibility index (Phi) is 6.77. The smallest absolute Gasteiger partial charge is 0.326 e. The second-order valence-corrected chi connectivity index (χ2v) is 6.66. The molecule has 1 atom stereocenters. The van der Waals surface area contributed by atoms with Crippen molar-refractivity contribution < 1.29 is 19.1 Å². The van der Waals surface area contributed by atoms with Crippen molar-refractivity contribution >= 4 is 17.6 Å². The number of rotatable bonds is 6. The average Bonchev–Trinajstić information content (AvgIpc) is 2.64. The zero-order valence-electron chi connectivity index (χ0n) is 15.4. The number of benzene rings is 1. The minimum atomic E-state index is -1.14. The normalized spacial score (nSPS) is 16.0. The fourth-order valence-electron chi connectivity index (χ4n) is 2.85. The number of piperazine rings is 1. The number of anilines is 1. The molecule has 2 rings (SSSR count). The summed E-state index contributed by atoms with van der Waals surface area (Å²) in [6.07, 6.45) is 1.44. The minimum absolute atomic E-state index is 0.152. The summed E-state index contributed by atoms with van der Waals surface area (Å²) in [6.45, 7) is 5.47. The maximum Gasteiger partial charge on any atom is 0.326 e. The molecule has 1 heterocycles. The summed E-state index contributed by atoms with van der Waals surface area (Å²) in [5.41, 5.74) is 0.377. The maximum atomic E-state index is 13.9. The van der Waals surface area contributed by atoms with Gasteiger partial charge in [0.05, 0.1) is 5.69 Å². The molecule has 0 radical (unpaired) electrons. The summed E-state index contributed by atoms with van der Waals surface area (Å²) >= 11 is 0. The Balaban J connectivity index is 2.01. The summed E-state index contributed by atoms with van der Waals surface area (Å²) < 4.78 is 13.9. The molecule has 2 N–H and O–H groups in total. The van der Waals surface area contributed by atoms with Crippen LogP contribution in [0.4, 0.5) is 10.1 Å². The summed E-state index contributed by atoms with van der Waals surface area (Å²) in [5, 5.41) is 20.8. The molecule has 1 fully saturated rings. The lowest BCUT2D eigenvalue weighted by Crippen LogP contribution is -2.46. The molecule has 1 aromatic rings. The van der Waals surface area contributed by atoms with Crippen molar-refractivity contribution in [3.63, 3.8) is 0 Å². The summed E-state index contributed by atoms with van der Waals surface area (Å²) in [6, 6.07) is 7.30. The average molecular weight is 374 g/mol. The Morgan fingerprint density at radius 2 is 1.89 bits per heavy atom. The third-order valence-electron chi connectivity index (χ3n) is 4.40. The highest BCUT2D eigenvalue weighted by Gasteiger charge is 2.25. The number of hydrogen-bond acceptors (Lipinski definition) is 5. The van der Waals surface area contributed by atoms with Gasteiger partial charge < -0.3 is 20.2 Å². The molecular weight excluding hydrogens is 351 g/mol. The molecular formula is C19H23FN4O3. The first-order valence-electron chi connectivity index (χ1n) is 8.72. The van der Waals surface area contributed by atoms with E-state index in [4.69, 9.17) is 5.11 Å². The first kappa shape index (κ1) is 20.2. The number of hydrogen-bond donors (Lipinski definition) is 2. The van der Waals surface area contributed by atoms with Crippen LogP contribution in [0, 0.1) is 23.1 Å². The Morgan fingerprint density at radius 1 is 1.26 bits per heavy atom. The molecule has 1 unspecified atom stereocenters. The van der Waals surface area contributed by atoms with Crippen molar-refractivity contribution in [2.24, 2.45) is 5.92 Å². The van der Waals surface area contributed by atoms with Crippen molar-refractivity contribution in [1.82, 2.24) is 10.2 Å². The van der Waals surface area contributed by atoms with E-state index in [1.165, 1.54) is 12.3 Å². The molecule has 0 spiro atoms. The van der Waals surface area contributed by atoms with Gasteiger partial charge in [0.1, 0.15) is 23.5 Å². The molecule has 1 aliphatic rings. The molecule has 0 aliphatic carbocycles. The predicted molar refractivity (Wildman–Crippen MR) is 98.3 cm³/mol. The summed E-state index contributed by atoms with van der Waals surface area (Å²) in [4.78, 5) is 27.2. The number of carboxylic acid groups (broad SMARTS) is 1. The van der Waals surface area contributed by atoms with Crippen LogP contribution in [0.25, 0.3) is 0 Å². The van der Waals surface area contributed by atoms with E-state index in [1.807, 2.05) is 11.0 Å². The number of amides is 1. The molecule has 27 heavy (non-hydrogen) atoms. The van der Waals surface area contributed by atoms with E-state index >= 15 is 0 Å². The van der Waals surface area contributed by atoms with Crippen molar-refractivity contribution in [2.45, 2.75) is 19.9 Å². The summed E-state index contributed by atoms with van der Waals surface area (Å²) in [7, 11) is 0. The van der Waals surface area contributed by atoms with Crippen LogP contribution in [0.3, 0.4) is 0 Å². The van der Waals surface area contributed by atoms with E-state index in [9.17, 15) is 19.2 Å². The Hall–Kier alpha value is -3.08. The number of carboxylic acids is 1. The number of halogens is 1. The van der Waals surface area contributed by atoms with Gasteiger partial charge in [-0.15, -0.1) is 0 Å². The van der Waals surface area contributed by atoms with Crippen molar-refractivity contribution in [1.29, 1.82) is 5.26 Å². The van der Waals surface area contributed by atoms with E-state index in [0.29, 0.717) is 31.9 Å². The SMILES string of the molecule is CC(C)C(NC(=O)/C(C#N)=C\N1CCN(c2ccccc2F)CC1)C(=O)O. The second-order valence-electron chi connectivity index (χ2n) is 6.66. The largest absolute Gasteiger partial charge is 0.480 e. The highest BCUT2D eigenvalue weighted by atomic mass is 19.1. The number of carbonyl (C=O) groups is 2. The number of aliphatic carboxylic acids is 1. The molecule has 0 saturated carbocycles. The van der Waals surface area contributed by atoms with Gasteiger partial charge in [0.15, 0.2) is 0 Å². The quantitative estimate of drug-likeness (QED) is 0.580. The fraction of sp³-hybridized carbons (Fsp3) is 0.421. The van der Waals surface area contributed by atoms with Crippen LogP contribution >= 0.6 is 0 Å². The van der Waals surface area contributed by atoms with Crippen molar-refractivity contribution in [2.75, 3.05) is 31.1 Å². The Bertz CT molecular complexity index is 764. The van der Waals surface area contributed by atoms with E-state index in [1.54, 1.807) is 36.9 Å². The summed E-state index contributed by atoms with van der Waals surface area (Å²) in [5.74, 6) is -2.45. The third kappa shape index (κ3) is 5.20. The molecule has 0 aromatic heterocycles. The fourth-order valence-corrected chi connectivity index (χ4v) is 2.85. The van der Waals surface area contributed by atoms with Crippen LogP contribution in [-0.2, 0) is 9.59 Å². The Labute approximate surface area is 157 Å². The third-order valence-corrected chi connectivity index (χ3v) is 4.40. The van der Waals surface area contributed by atoms with Gasteiger partial charge in [-0.2, -0.15) is 5.26 Å². The van der Waals surface area contributed by atoms with E-state index < -0.39 is 17.9 Å². The van der Waals surface area contributed by atoms with Crippen LogP contribution in [0.15, 0.2) is 36.0 Å². The maximum absolute atomic E-state index is 13.9. The highest BCUT2D eigenvalue weighted by Crippen LogP contribution is 2.20. The van der Waals surface area contributed by atoms with E-state index in [-0.39, 0.29) is 17.3 Å². The van der Waals surface area contributed by atoms with Gasteiger partial charge in [0.25, 0.3) is 5.91 Å². The lowest BCUT2D eigenvalue weighted by Gasteiger charge is -2.35. The van der Waals surface area contributed by atoms with Crippen LogP contribution < -0.4 is 10.2 Å². The lowest BCUT2D eigenvalue weighted by molar-refractivity contribution is -0.142. The molecule has 1 amide bonds. The first-order chi connectivity index (χ1) is 12.8. The van der Waals surface area contributed by atoms with Gasteiger partial charge >= 0.3 is 5.97 Å². The minimum Gasteiger partial charge on any atom is -0.480 e. The topological polar surface area (TPSA) is 96.7 Å². The Morgan fingerprint density at radius 3 is 2.41 bits per heavy atom. The van der Waals surface area contributed by atoms with Crippen LogP contribution in [0.5, 0.6) is 0 Å². The number of nitrogens with one attached hydrogen (secondary N) is 1. The van der Waals surface area contributed by atoms with Gasteiger partial charge in [0.2, 0.25) is 0 Å². The van der Waals surface area contributed by atoms with E-state index in [2.05, 4.69) is 5.32 Å². The second kappa shape index (κ2) is 9.03. The molecule has 1 saturated heterocycles. The monoisotopic (exact) mass is 374 g/mol. The zero-order chi connectivity index (χ0) is 20.0. The van der Waals surface area contributed by atoms with Crippen molar-refractivity contribution in [3.8, 4) is 6.07 Å². The van der Waals surface area contributed by atoms with Gasteiger partial charge in [-0.05, 0) is 18.1 Å². The van der Waals surface area contributed by atoms with E-state index in [0.717, 1.165) is 0 Å². The van der Waals surface area contributed by atoms with Gasteiger partial charge in [-0.1, -0.05) is 26.0 Å². The van der Waals surface area contributed by atoms with Crippen LogP contribution in [0.1, 0.15) is 13.8 Å². The van der Waals surface area contributed by atoms with Crippen molar-refractivity contribution in [3.05, 3.63) is 41.9 Å². The zero-order valence-corrected chi connectivity index (χ0v) is 15.4. The molecule has 1 aromatic carbocycles. The van der Waals surface area contributed by atoms with Gasteiger partial charge in [-0.25, -0.2) is 9.18 Å². The highest BCUT2D eigenvalue weighted by molar-refractivity contribution is 5.99. The van der Waals surface area contributed by atoms with Crippen LogP contribution in [0.2, 0.25) is 0 Å². The van der Waals surface area contributed by atoms with Gasteiger partial charge in [-0.3, -0.25) is 4.79 Å². The number of nitrogens with zero attached hydrogens (tertiary/aromatic N) is 3. The molecule has 1 aliphatic heterocycles. The molecule has 7 nitrogen and oxygen atoms in total. The molecule has 8 heteroatoms. The predicted octanol–water partition coefficient (Wildman–Crippen LogP) is 1.58. The van der Waals surface area contributed by atoms with Gasteiger partial charge in [0, 0.05) is 32.4 Å². The first-order valence-corrected chi connectivity index (χ1v) is 8.72. The molecule has 144 valence electrons. The van der Waals surface area contributed by atoms with Crippen LogP contribution in [-0.4, -0.2) is 54.1 Å². The standard InChI is InChI=1S/C19H23FN4O3/c1-13(2)17(19(26)27)22-18(25)14(11-21)12-23-7-9-24(10-8-23)16-6-4-3-5-15(16)20/h3-6,12-13,17H,7-10H2,1-2H3,(H,22,25)(H,26,27)/b14-12-.